The van der Waals surface area contributed by atoms with Crippen LogP contribution in [-0.2, 0) is 0 Å². The molecule has 1 aromatic carbocycles. The van der Waals surface area contributed by atoms with Crippen LogP contribution in [0.5, 0.6) is 0 Å². The molecular weight excluding hydrogens is 225 g/mol. The molecule has 1 unspecified atom stereocenters. The summed E-state index contributed by atoms with van der Waals surface area (Å²) in [6.07, 6.45) is 3.48. The smallest absolute Gasteiger partial charge is 0.126 e. The quantitative estimate of drug-likeness (QED) is 0.806. The minimum atomic E-state index is -0.285. The summed E-state index contributed by atoms with van der Waals surface area (Å²) < 4.78 is 13.1. The van der Waals surface area contributed by atoms with Crippen molar-refractivity contribution in [2.24, 2.45) is 5.41 Å². The molecule has 88 valence electrons. The molecule has 1 aliphatic carbocycles. The molecule has 1 aromatic rings. The van der Waals surface area contributed by atoms with E-state index in [0.29, 0.717) is 16.5 Å². The summed E-state index contributed by atoms with van der Waals surface area (Å²) in [5.41, 5.74) is 1.18. The number of benzene rings is 1. The van der Waals surface area contributed by atoms with Gasteiger partial charge < -0.3 is 5.32 Å². The maximum absolute atomic E-state index is 13.1. The molecular formula is C13H17ClFN. The molecule has 3 heteroatoms. The Hall–Kier alpha value is -0.760. The van der Waals surface area contributed by atoms with E-state index in [4.69, 9.17) is 11.6 Å². The maximum atomic E-state index is 13.1. The SMILES string of the molecule is CC1(C)CCC(Nc2cc(F)cc(Cl)c2)C1. The molecule has 1 saturated carbocycles. The monoisotopic (exact) mass is 241 g/mol. The molecule has 0 radical (unpaired) electrons. The van der Waals surface area contributed by atoms with Gasteiger partial charge in [0.05, 0.1) is 0 Å². The zero-order valence-electron chi connectivity index (χ0n) is 9.69. The average molecular weight is 242 g/mol. The summed E-state index contributed by atoms with van der Waals surface area (Å²) in [5, 5.41) is 3.80. The number of rotatable bonds is 2. The van der Waals surface area contributed by atoms with Crippen LogP contribution in [0, 0.1) is 11.2 Å². The van der Waals surface area contributed by atoms with E-state index in [1.165, 1.54) is 18.6 Å². The molecule has 0 heterocycles. The normalized spacial score (nSPS) is 23.4. The van der Waals surface area contributed by atoms with Gasteiger partial charge in [-0.25, -0.2) is 4.39 Å². The first-order valence-electron chi connectivity index (χ1n) is 5.67. The first-order valence-corrected chi connectivity index (χ1v) is 6.05. The molecule has 1 atom stereocenters. The molecule has 0 spiro atoms. The maximum Gasteiger partial charge on any atom is 0.126 e. The summed E-state index contributed by atoms with van der Waals surface area (Å²) in [6, 6.07) is 5.03. The average Bonchev–Trinajstić information content (AvgIpc) is 2.43. The molecule has 1 aliphatic rings. The minimum Gasteiger partial charge on any atom is -0.382 e. The first kappa shape index (κ1) is 11.7. The summed E-state index contributed by atoms with van der Waals surface area (Å²) in [7, 11) is 0. The van der Waals surface area contributed by atoms with Gasteiger partial charge >= 0.3 is 0 Å². The third-order valence-electron chi connectivity index (χ3n) is 3.20. The number of nitrogens with one attached hydrogen (secondary N) is 1. The van der Waals surface area contributed by atoms with Crippen LogP contribution in [0.2, 0.25) is 5.02 Å². The summed E-state index contributed by atoms with van der Waals surface area (Å²) >= 11 is 5.81. The summed E-state index contributed by atoms with van der Waals surface area (Å²) in [6.45, 7) is 4.54. The van der Waals surface area contributed by atoms with Crippen molar-refractivity contribution in [3.63, 3.8) is 0 Å². The highest BCUT2D eigenvalue weighted by Crippen LogP contribution is 2.38. The lowest BCUT2D eigenvalue weighted by atomic mass is 9.92. The molecule has 1 nitrogen and oxygen atoms in total. The molecule has 2 rings (SSSR count). The molecule has 1 N–H and O–H groups in total. The molecule has 0 bridgehead atoms. The van der Waals surface area contributed by atoms with Gasteiger partial charge in [0, 0.05) is 16.8 Å². The van der Waals surface area contributed by atoms with Gasteiger partial charge in [0.2, 0.25) is 0 Å². The fourth-order valence-corrected chi connectivity index (χ4v) is 2.65. The first-order chi connectivity index (χ1) is 7.44. The lowest BCUT2D eigenvalue weighted by Crippen LogP contribution is -2.17. The number of hydrogen-bond acceptors (Lipinski definition) is 1. The van der Waals surface area contributed by atoms with Crippen molar-refractivity contribution in [1.82, 2.24) is 0 Å². The summed E-state index contributed by atoms with van der Waals surface area (Å²) in [5.74, 6) is -0.285. The highest BCUT2D eigenvalue weighted by Gasteiger charge is 2.30. The van der Waals surface area contributed by atoms with Crippen molar-refractivity contribution in [3.8, 4) is 0 Å². The molecule has 0 aromatic heterocycles. The lowest BCUT2D eigenvalue weighted by Gasteiger charge is -2.18. The molecule has 0 saturated heterocycles. The van der Waals surface area contributed by atoms with E-state index in [1.54, 1.807) is 6.07 Å². The van der Waals surface area contributed by atoms with E-state index in [9.17, 15) is 4.39 Å². The van der Waals surface area contributed by atoms with E-state index in [-0.39, 0.29) is 5.82 Å². The van der Waals surface area contributed by atoms with Crippen LogP contribution in [-0.4, -0.2) is 6.04 Å². The van der Waals surface area contributed by atoms with Crippen molar-refractivity contribution in [1.29, 1.82) is 0 Å². The second kappa shape index (κ2) is 4.25. The van der Waals surface area contributed by atoms with Crippen molar-refractivity contribution in [2.45, 2.75) is 39.2 Å². The number of halogens is 2. The Kier molecular flexibility index (Phi) is 3.11. The van der Waals surface area contributed by atoms with Gasteiger partial charge in [0.15, 0.2) is 0 Å². The van der Waals surface area contributed by atoms with Crippen LogP contribution in [0.15, 0.2) is 18.2 Å². The predicted molar refractivity (Wildman–Crippen MR) is 66.5 cm³/mol. The van der Waals surface area contributed by atoms with Gasteiger partial charge in [-0.05, 0) is 42.9 Å². The Morgan fingerprint density at radius 3 is 2.69 bits per heavy atom. The van der Waals surface area contributed by atoms with Crippen LogP contribution < -0.4 is 5.32 Å². The van der Waals surface area contributed by atoms with E-state index in [1.807, 2.05) is 0 Å². The minimum absolute atomic E-state index is 0.285. The van der Waals surface area contributed by atoms with Gasteiger partial charge in [-0.3, -0.25) is 0 Å². The highest BCUT2D eigenvalue weighted by atomic mass is 35.5. The van der Waals surface area contributed by atoms with Crippen molar-refractivity contribution in [2.75, 3.05) is 5.32 Å². The molecule has 0 aliphatic heterocycles. The zero-order valence-corrected chi connectivity index (χ0v) is 10.4. The fourth-order valence-electron chi connectivity index (χ4n) is 2.43. The van der Waals surface area contributed by atoms with E-state index >= 15 is 0 Å². The summed E-state index contributed by atoms with van der Waals surface area (Å²) in [4.78, 5) is 0. The Balaban J connectivity index is 2.05. The van der Waals surface area contributed by atoms with Crippen LogP contribution in [0.25, 0.3) is 0 Å². The van der Waals surface area contributed by atoms with E-state index < -0.39 is 0 Å². The van der Waals surface area contributed by atoms with Crippen LogP contribution in [0.3, 0.4) is 0 Å². The Bertz CT molecular complexity index is 369. The van der Waals surface area contributed by atoms with Gasteiger partial charge in [0.1, 0.15) is 5.82 Å². The third-order valence-corrected chi connectivity index (χ3v) is 3.42. The van der Waals surface area contributed by atoms with Gasteiger partial charge in [0.25, 0.3) is 0 Å². The predicted octanol–water partition coefficient (Wildman–Crippen LogP) is 4.47. The van der Waals surface area contributed by atoms with Gasteiger partial charge in [-0.1, -0.05) is 25.4 Å². The zero-order chi connectivity index (χ0) is 11.8. The molecule has 0 amide bonds. The second-order valence-corrected chi connectivity index (χ2v) is 5.84. The topological polar surface area (TPSA) is 12.0 Å². The lowest BCUT2D eigenvalue weighted by molar-refractivity contribution is 0.378. The van der Waals surface area contributed by atoms with Crippen molar-refractivity contribution >= 4 is 17.3 Å². The van der Waals surface area contributed by atoms with Gasteiger partial charge in [-0.2, -0.15) is 0 Å². The Morgan fingerprint density at radius 2 is 2.12 bits per heavy atom. The van der Waals surface area contributed by atoms with Crippen molar-refractivity contribution in [3.05, 3.63) is 29.0 Å². The largest absolute Gasteiger partial charge is 0.382 e. The number of hydrogen-bond donors (Lipinski definition) is 1. The Morgan fingerprint density at radius 1 is 1.38 bits per heavy atom. The van der Waals surface area contributed by atoms with Crippen molar-refractivity contribution < 1.29 is 4.39 Å². The van der Waals surface area contributed by atoms with Gasteiger partial charge in [-0.15, -0.1) is 0 Å². The van der Waals surface area contributed by atoms with E-state index in [0.717, 1.165) is 18.5 Å². The third kappa shape index (κ3) is 2.88. The standard InChI is InChI=1S/C13H17ClFN/c1-13(2)4-3-11(8-13)16-12-6-9(14)5-10(15)7-12/h5-7,11,16H,3-4,8H2,1-2H3. The molecule has 16 heavy (non-hydrogen) atoms. The fraction of sp³-hybridized carbons (Fsp3) is 0.538. The second-order valence-electron chi connectivity index (χ2n) is 5.41. The van der Waals surface area contributed by atoms with E-state index in [2.05, 4.69) is 19.2 Å². The van der Waals surface area contributed by atoms with Crippen LogP contribution >= 0.6 is 11.6 Å². The Labute approximate surface area is 101 Å². The van der Waals surface area contributed by atoms with Crippen LogP contribution in [0.4, 0.5) is 10.1 Å². The van der Waals surface area contributed by atoms with Crippen LogP contribution in [0.1, 0.15) is 33.1 Å². The molecule has 1 fully saturated rings. The highest BCUT2D eigenvalue weighted by molar-refractivity contribution is 6.30. The number of anilines is 1.